The van der Waals surface area contributed by atoms with Gasteiger partial charge in [-0.15, -0.1) is 11.3 Å². The first kappa shape index (κ1) is 11.9. The van der Waals surface area contributed by atoms with Crippen LogP contribution < -0.4 is 10.6 Å². The highest BCUT2D eigenvalue weighted by molar-refractivity contribution is 7.09. The number of thiazole rings is 1. The third-order valence-electron chi connectivity index (χ3n) is 2.90. The van der Waals surface area contributed by atoms with Gasteiger partial charge >= 0.3 is 0 Å². The largest absolute Gasteiger partial charge is 0.397 e. The lowest BCUT2D eigenvalue weighted by atomic mass is 10.2. The summed E-state index contributed by atoms with van der Waals surface area (Å²) in [6.07, 6.45) is 0. The summed E-state index contributed by atoms with van der Waals surface area (Å²) in [5.74, 6) is 0. The molecule has 19 heavy (non-hydrogen) atoms. The van der Waals surface area contributed by atoms with Crippen LogP contribution in [-0.4, -0.2) is 22.3 Å². The van der Waals surface area contributed by atoms with E-state index in [1.54, 1.807) is 11.3 Å². The van der Waals surface area contributed by atoms with Gasteiger partial charge in [0.15, 0.2) is 11.0 Å². The third kappa shape index (κ3) is 2.12. The highest BCUT2D eigenvalue weighted by atomic mass is 32.1. The highest BCUT2D eigenvalue weighted by Crippen LogP contribution is 2.28. The SMILES string of the molecule is Cc1nc(CN(C)c2ccc(N)c3nonc23)cs1. The van der Waals surface area contributed by atoms with Crippen LogP contribution in [0.5, 0.6) is 0 Å². The number of hydrogen-bond donors (Lipinski definition) is 1. The van der Waals surface area contributed by atoms with E-state index in [9.17, 15) is 0 Å². The predicted molar refractivity (Wildman–Crippen MR) is 75.2 cm³/mol. The molecule has 0 aliphatic heterocycles. The summed E-state index contributed by atoms with van der Waals surface area (Å²) in [4.78, 5) is 6.51. The summed E-state index contributed by atoms with van der Waals surface area (Å²) in [5, 5.41) is 10.9. The molecule has 3 aromatic rings. The van der Waals surface area contributed by atoms with Crippen LogP contribution in [0.2, 0.25) is 0 Å². The predicted octanol–water partition coefficient (Wildman–Crippen LogP) is 2.21. The van der Waals surface area contributed by atoms with E-state index in [1.165, 1.54) is 0 Å². The van der Waals surface area contributed by atoms with Gasteiger partial charge in [-0.05, 0) is 29.4 Å². The van der Waals surface area contributed by atoms with E-state index in [1.807, 2.05) is 26.1 Å². The quantitative estimate of drug-likeness (QED) is 0.738. The lowest BCUT2D eigenvalue weighted by molar-refractivity contribution is 0.315. The second-order valence-corrected chi connectivity index (χ2v) is 5.41. The zero-order valence-electron chi connectivity index (χ0n) is 10.6. The van der Waals surface area contributed by atoms with Crippen molar-refractivity contribution in [3.63, 3.8) is 0 Å². The molecule has 3 rings (SSSR count). The molecule has 6 nitrogen and oxygen atoms in total. The highest BCUT2D eigenvalue weighted by Gasteiger charge is 2.14. The van der Waals surface area contributed by atoms with Crippen molar-refractivity contribution in [1.82, 2.24) is 15.3 Å². The van der Waals surface area contributed by atoms with Gasteiger partial charge in [0.05, 0.1) is 28.6 Å². The Morgan fingerprint density at radius 3 is 2.84 bits per heavy atom. The van der Waals surface area contributed by atoms with Gasteiger partial charge in [-0.1, -0.05) is 0 Å². The molecule has 1 aromatic carbocycles. The maximum atomic E-state index is 5.83. The van der Waals surface area contributed by atoms with Crippen LogP contribution in [0.15, 0.2) is 22.1 Å². The maximum Gasteiger partial charge on any atom is 0.160 e. The molecule has 0 atom stereocenters. The van der Waals surface area contributed by atoms with E-state index >= 15 is 0 Å². The van der Waals surface area contributed by atoms with E-state index in [2.05, 4.69) is 25.6 Å². The summed E-state index contributed by atoms with van der Waals surface area (Å²) in [6.45, 7) is 2.70. The van der Waals surface area contributed by atoms with Crippen LogP contribution in [0.4, 0.5) is 11.4 Å². The molecule has 0 aliphatic carbocycles. The van der Waals surface area contributed by atoms with Gasteiger partial charge in [-0.2, -0.15) is 0 Å². The number of benzene rings is 1. The first-order chi connectivity index (χ1) is 9.15. The topological polar surface area (TPSA) is 81.1 Å². The Bertz CT molecular complexity index is 720. The Hall–Kier alpha value is -2.15. The zero-order chi connectivity index (χ0) is 13.4. The van der Waals surface area contributed by atoms with Crippen LogP contribution >= 0.6 is 11.3 Å². The number of aromatic nitrogens is 3. The zero-order valence-corrected chi connectivity index (χ0v) is 11.4. The molecule has 98 valence electrons. The average molecular weight is 275 g/mol. The van der Waals surface area contributed by atoms with Gasteiger partial charge in [-0.25, -0.2) is 9.61 Å². The Balaban J connectivity index is 1.95. The first-order valence-electron chi connectivity index (χ1n) is 5.78. The molecular formula is C12H13N5OS. The molecule has 0 fully saturated rings. The van der Waals surface area contributed by atoms with Crippen molar-refractivity contribution < 1.29 is 4.63 Å². The van der Waals surface area contributed by atoms with Gasteiger partial charge in [0, 0.05) is 12.4 Å². The molecule has 2 N–H and O–H groups in total. The van der Waals surface area contributed by atoms with Gasteiger partial charge in [0.2, 0.25) is 0 Å². The van der Waals surface area contributed by atoms with Crippen molar-refractivity contribution in [2.45, 2.75) is 13.5 Å². The normalized spacial score (nSPS) is 11.1. The van der Waals surface area contributed by atoms with Gasteiger partial charge in [0.25, 0.3) is 0 Å². The number of aryl methyl sites for hydroxylation is 1. The van der Waals surface area contributed by atoms with E-state index in [-0.39, 0.29) is 0 Å². The van der Waals surface area contributed by atoms with Crippen molar-refractivity contribution in [1.29, 1.82) is 0 Å². The van der Waals surface area contributed by atoms with Crippen molar-refractivity contribution >= 4 is 33.7 Å². The fraction of sp³-hybridized carbons (Fsp3) is 0.250. The summed E-state index contributed by atoms with van der Waals surface area (Å²) in [5.41, 5.74) is 9.63. The molecule has 2 aromatic heterocycles. The number of anilines is 2. The number of rotatable bonds is 3. The van der Waals surface area contributed by atoms with Crippen LogP contribution in [0.25, 0.3) is 11.0 Å². The fourth-order valence-electron chi connectivity index (χ4n) is 1.99. The minimum Gasteiger partial charge on any atom is -0.397 e. The molecule has 0 unspecified atom stereocenters. The number of nitrogens with two attached hydrogens (primary N) is 1. The van der Waals surface area contributed by atoms with Crippen molar-refractivity contribution in [3.8, 4) is 0 Å². The number of hydrogen-bond acceptors (Lipinski definition) is 7. The summed E-state index contributed by atoms with van der Waals surface area (Å²) >= 11 is 1.65. The Labute approximate surface area is 113 Å². The minimum absolute atomic E-state index is 0.568. The summed E-state index contributed by atoms with van der Waals surface area (Å²) in [7, 11) is 1.98. The molecule has 2 heterocycles. The maximum absolute atomic E-state index is 5.83. The first-order valence-corrected chi connectivity index (χ1v) is 6.66. The number of fused-ring (bicyclic) bond motifs is 1. The van der Waals surface area contributed by atoms with Gasteiger partial charge in [0.1, 0.15) is 0 Å². The van der Waals surface area contributed by atoms with E-state index in [0.717, 1.165) is 16.4 Å². The molecule has 0 saturated heterocycles. The average Bonchev–Trinajstić information content (AvgIpc) is 2.99. The molecular weight excluding hydrogens is 262 g/mol. The molecule has 0 amide bonds. The Kier molecular flexibility index (Phi) is 2.83. The molecule has 0 saturated carbocycles. The second-order valence-electron chi connectivity index (χ2n) is 4.35. The lowest BCUT2D eigenvalue weighted by Gasteiger charge is -2.18. The molecule has 0 radical (unpaired) electrons. The monoisotopic (exact) mass is 275 g/mol. The Morgan fingerprint density at radius 1 is 1.32 bits per heavy atom. The molecule has 0 bridgehead atoms. The van der Waals surface area contributed by atoms with Crippen LogP contribution in [0.1, 0.15) is 10.7 Å². The second kappa shape index (κ2) is 4.51. The van der Waals surface area contributed by atoms with E-state index < -0.39 is 0 Å². The Morgan fingerprint density at radius 2 is 2.11 bits per heavy atom. The van der Waals surface area contributed by atoms with Crippen LogP contribution in [0, 0.1) is 6.92 Å². The van der Waals surface area contributed by atoms with E-state index in [0.29, 0.717) is 23.3 Å². The van der Waals surface area contributed by atoms with E-state index in [4.69, 9.17) is 10.4 Å². The number of nitrogen functional groups attached to an aromatic ring is 1. The number of nitrogens with zero attached hydrogens (tertiary/aromatic N) is 4. The lowest BCUT2D eigenvalue weighted by Crippen LogP contribution is -2.17. The standard InChI is InChI=1S/C12H13N5OS/c1-7-14-8(6-19-7)5-17(2)10-4-3-9(13)11-12(10)16-18-15-11/h3-4,6H,5,13H2,1-2H3. The molecule has 7 heteroatoms. The van der Waals surface area contributed by atoms with Crippen LogP contribution in [-0.2, 0) is 6.54 Å². The van der Waals surface area contributed by atoms with Crippen LogP contribution in [0.3, 0.4) is 0 Å². The molecule has 0 spiro atoms. The fourth-order valence-corrected chi connectivity index (χ4v) is 2.59. The third-order valence-corrected chi connectivity index (χ3v) is 3.72. The summed E-state index contributed by atoms with van der Waals surface area (Å²) < 4.78 is 4.77. The van der Waals surface area contributed by atoms with Gasteiger partial charge in [-0.3, -0.25) is 0 Å². The van der Waals surface area contributed by atoms with Crippen molar-refractivity contribution in [2.24, 2.45) is 0 Å². The van der Waals surface area contributed by atoms with Gasteiger partial charge < -0.3 is 10.6 Å². The van der Waals surface area contributed by atoms with Crippen molar-refractivity contribution in [2.75, 3.05) is 17.7 Å². The minimum atomic E-state index is 0.568. The van der Waals surface area contributed by atoms with Crippen molar-refractivity contribution in [3.05, 3.63) is 28.2 Å². The molecule has 0 aliphatic rings. The summed E-state index contributed by atoms with van der Waals surface area (Å²) in [6, 6.07) is 3.73. The smallest absolute Gasteiger partial charge is 0.160 e.